The van der Waals surface area contributed by atoms with Gasteiger partial charge in [0.1, 0.15) is 5.76 Å². The maximum Gasteiger partial charge on any atom is 0.100 e. The van der Waals surface area contributed by atoms with Crippen LogP contribution in [0.5, 0.6) is 0 Å². The van der Waals surface area contributed by atoms with Gasteiger partial charge in [0.05, 0.1) is 6.61 Å². The van der Waals surface area contributed by atoms with Gasteiger partial charge in [-0.1, -0.05) is 115 Å². The van der Waals surface area contributed by atoms with Crippen LogP contribution in [-0.4, -0.2) is 13.2 Å². The van der Waals surface area contributed by atoms with Crippen LogP contribution in [0.4, 0.5) is 0 Å². The maximum atomic E-state index is 6.30. The Kier molecular flexibility index (Phi) is 8.10. The van der Waals surface area contributed by atoms with Crippen molar-refractivity contribution in [1.29, 1.82) is 0 Å². The predicted octanol–water partition coefficient (Wildman–Crippen LogP) is 6.92. The average molecular weight is 434 g/mol. The van der Waals surface area contributed by atoms with Crippen LogP contribution in [0.1, 0.15) is 23.1 Å². The highest BCUT2D eigenvalue weighted by Gasteiger charge is 2.15. The molecule has 0 aliphatic rings. The van der Waals surface area contributed by atoms with Crippen molar-refractivity contribution in [2.45, 2.75) is 19.3 Å². The van der Waals surface area contributed by atoms with Gasteiger partial charge in [0.15, 0.2) is 0 Å². The van der Waals surface area contributed by atoms with Gasteiger partial charge >= 0.3 is 0 Å². The minimum atomic E-state index is 0.498. The summed E-state index contributed by atoms with van der Waals surface area (Å²) in [6.45, 7) is 1.01. The first-order valence-corrected chi connectivity index (χ1v) is 11.6. The molecule has 2 N–H and O–H groups in total. The monoisotopic (exact) mass is 433 g/mol. The molecule has 4 aromatic carbocycles. The highest BCUT2D eigenvalue weighted by atomic mass is 16.5. The molecule has 0 aromatic heterocycles. The fourth-order valence-corrected chi connectivity index (χ4v) is 4.16. The van der Waals surface area contributed by atoms with Crippen LogP contribution in [0.2, 0.25) is 0 Å². The summed E-state index contributed by atoms with van der Waals surface area (Å²) in [7, 11) is 0. The Hall–Kier alpha value is -3.62. The van der Waals surface area contributed by atoms with E-state index in [0.29, 0.717) is 13.2 Å². The third kappa shape index (κ3) is 6.21. The first-order chi connectivity index (χ1) is 16.3. The van der Waals surface area contributed by atoms with Crippen molar-refractivity contribution >= 4 is 5.57 Å². The van der Waals surface area contributed by atoms with Crippen LogP contribution >= 0.6 is 0 Å². The zero-order valence-corrected chi connectivity index (χ0v) is 19.0. The van der Waals surface area contributed by atoms with Gasteiger partial charge in [-0.15, -0.1) is 0 Å². The average Bonchev–Trinajstić information content (AvgIpc) is 2.89. The molecule has 0 atom stereocenters. The summed E-state index contributed by atoms with van der Waals surface area (Å²) < 4.78 is 6.30. The molecule has 33 heavy (non-hydrogen) atoms. The molecule has 0 bridgehead atoms. The lowest BCUT2D eigenvalue weighted by Gasteiger charge is -2.19. The van der Waals surface area contributed by atoms with Crippen molar-refractivity contribution < 1.29 is 4.74 Å². The van der Waals surface area contributed by atoms with Crippen molar-refractivity contribution in [3.05, 3.63) is 138 Å². The minimum Gasteiger partial charge on any atom is -0.496 e. The number of benzene rings is 4. The van der Waals surface area contributed by atoms with Crippen LogP contribution in [0.3, 0.4) is 0 Å². The van der Waals surface area contributed by atoms with E-state index >= 15 is 0 Å². The van der Waals surface area contributed by atoms with Crippen LogP contribution in [-0.2, 0) is 17.6 Å². The third-order valence-corrected chi connectivity index (χ3v) is 5.81. The van der Waals surface area contributed by atoms with Crippen LogP contribution in [0.15, 0.2) is 121 Å². The first-order valence-electron chi connectivity index (χ1n) is 11.6. The number of rotatable bonds is 10. The molecular formula is C31H31NO. The molecule has 2 nitrogen and oxygen atoms in total. The van der Waals surface area contributed by atoms with Crippen LogP contribution in [0.25, 0.3) is 16.7 Å². The van der Waals surface area contributed by atoms with Gasteiger partial charge in [-0.2, -0.15) is 0 Å². The van der Waals surface area contributed by atoms with Crippen LogP contribution in [0, 0.1) is 0 Å². The van der Waals surface area contributed by atoms with Gasteiger partial charge in [-0.25, -0.2) is 0 Å². The molecule has 0 saturated heterocycles. The van der Waals surface area contributed by atoms with Gasteiger partial charge in [-0.05, 0) is 34.2 Å². The zero-order valence-electron chi connectivity index (χ0n) is 19.0. The highest BCUT2D eigenvalue weighted by Crippen LogP contribution is 2.31. The van der Waals surface area contributed by atoms with Gasteiger partial charge in [0.25, 0.3) is 0 Å². The van der Waals surface area contributed by atoms with Gasteiger partial charge in [0.2, 0.25) is 0 Å². The van der Waals surface area contributed by atoms with E-state index in [2.05, 4.69) is 115 Å². The van der Waals surface area contributed by atoms with Crippen molar-refractivity contribution in [2.75, 3.05) is 13.2 Å². The predicted molar refractivity (Wildman–Crippen MR) is 139 cm³/mol. The third-order valence-electron chi connectivity index (χ3n) is 5.81. The lowest BCUT2D eigenvalue weighted by molar-refractivity contribution is 0.212. The summed E-state index contributed by atoms with van der Waals surface area (Å²) in [5.41, 5.74) is 13.3. The first kappa shape index (κ1) is 22.6. The second kappa shape index (κ2) is 11.8. The Morgan fingerprint density at radius 3 is 1.97 bits per heavy atom. The fourth-order valence-electron chi connectivity index (χ4n) is 4.16. The minimum absolute atomic E-state index is 0.498. The van der Waals surface area contributed by atoms with Crippen molar-refractivity contribution in [3.63, 3.8) is 0 Å². The number of hydrogen-bond acceptors (Lipinski definition) is 2. The molecule has 0 spiro atoms. The summed E-state index contributed by atoms with van der Waals surface area (Å²) in [5, 5.41) is 0. The second-order valence-corrected chi connectivity index (χ2v) is 8.09. The standard InChI is InChI=1S/C31H31NO/c32-22-23-33-31(21-20-25-12-4-1-5-13-25)30(27-16-8-3-9-17-27)24-28-18-10-11-19-29(28)26-14-6-2-7-15-26/h1-19H,20-24,32H2. The van der Waals surface area contributed by atoms with Crippen molar-refractivity contribution in [2.24, 2.45) is 5.73 Å². The molecule has 0 fully saturated rings. The second-order valence-electron chi connectivity index (χ2n) is 8.09. The van der Waals surface area contributed by atoms with Crippen LogP contribution < -0.4 is 5.73 Å². The van der Waals surface area contributed by atoms with E-state index in [1.807, 2.05) is 0 Å². The van der Waals surface area contributed by atoms with E-state index in [-0.39, 0.29) is 0 Å². The summed E-state index contributed by atoms with van der Waals surface area (Å²) in [5.74, 6) is 1.03. The number of allylic oxidation sites excluding steroid dienone is 2. The Balaban J connectivity index is 1.74. The Morgan fingerprint density at radius 1 is 0.667 bits per heavy atom. The molecule has 0 saturated carbocycles. The molecule has 166 valence electrons. The summed E-state index contributed by atoms with van der Waals surface area (Å²) in [6.07, 6.45) is 2.56. The highest BCUT2D eigenvalue weighted by molar-refractivity contribution is 5.75. The molecule has 0 radical (unpaired) electrons. The van der Waals surface area contributed by atoms with Crippen molar-refractivity contribution in [1.82, 2.24) is 0 Å². The smallest absolute Gasteiger partial charge is 0.100 e. The largest absolute Gasteiger partial charge is 0.496 e. The molecule has 0 aliphatic carbocycles. The van der Waals surface area contributed by atoms with E-state index in [0.717, 1.165) is 25.0 Å². The van der Waals surface area contributed by atoms with E-state index in [1.54, 1.807) is 0 Å². The van der Waals surface area contributed by atoms with E-state index in [1.165, 1.54) is 33.4 Å². The van der Waals surface area contributed by atoms with Crippen molar-refractivity contribution in [3.8, 4) is 11.1 Å². The lowest BCUT2D eigenvalue weighted by Crippen LogP contribution is -2.11. The normalized spacial score (nSPS) is 11.7. The Bertz CT molecular complexity index is 1150. The van der Waals surface area contributed by atoms with E-state index in [4.69, 9.17) is 10.5 Å². The molecule has 0 unspecified atom stereocenters. The molecule has 0 aliphatic heterocycles. The lowest BCUT2D eigenvalue weighted by atomic mass is 9.90. The maximum absolute atomic E-state index is 6.30. The number of hydrogen-bond donors (Lipinski definition) is 1. The summed E-state index contributed by atoms with van der Waals surface area (Å²) in [4.78, 5) is 0. The Morgan fingerprint density at radius 2 is 1.27 bits per heavy atom. The SMILES string of the molecule is NCCOC(CCc1ccccc1)=C(Cc1ccccc1-c1ccccc1)c1ccccc1. The zero-order chi connectivity index (χ0) is 22.7. The molecule has 4 aromatic rings. The molecular weight excluding hydrogens is 402 g/mol. The Labute approximate surface area is 197 Å². The topological polar surface area (TPSA) is 35.2 Å². The molecule has 0 amide bonds. The van der Waals surface area contributed by atoms with Gasteiger partial charge < -0.3 is 10.5 Å². The number of ether oxygens (including phenoxy) is 1. The van der Waals surface area contributed by atoms with Gasteiger partial charge in [-0.3, -0.25) is 0 Å². The van der Waals surface area contributed by atoms with E-state index in [9.17, 15) is 0 Å². The van der Waals surface area contributed by atoms with E-state index < -0.39 is 0 Å². The fraction of sp³-hybridized carbons (Fsp3) is 0.161. The summed E-state index contributed by atoms with van der Waals surface area (Å²) >= 11 is 0. The molecule has 2 heteroatoms. The molecule has 0 heterocycles. The quantitative estimate of drug-likeness (QED) is 0.276. The molecule has 4 rings (SSSR count). The summed E-state index contributed by atoms with van der Waals surface area (Å²) in [6, 6.07) is 40.4. The van der Waals surface area contributed by atoms with Gasteiger partial charge in [0, 0.05) is 25.0 Å². The number of aryl methyl sites for hydroxylation is 1. The number of nitrogens with two attached hydrogens (primary N) is 1.